The molecule has 0 bridgehead atoms. The highest BCUT2D eigenvalue weighted by molar-refractivity contribution is 6.36. The van der Waals surface area contributed by atoms with E-state index in [0.717, 1.165) is 0 Å². The first kappa shape index (κ1) is 11.9. The van der Waals surface area contributed by atoms with E-state index in [-0.39, 0.29) is 16.1 Å². The molecule has 0 spiro atoms. The molecule has 5 heteroatoms. The van der Waals surface area contributed by atoms with Gasteiger partial charge in [-0.15, -0.1) is 0 Å². The minimum atomic E-state index is -0.314. The third-order valence-electron chi connectivity index (χ3n) is 2.10. The van der Waals surface area contributed by atoms with Crippen LogP contribution in [0.4, 0.5) is 5.69 Å². The Morgan fingerprint density at radius 3 is 2.53 bits per heavy atom. The topological polar surface area (TPSA) is 42.0 Å². The molecule has 1 heterocycles. The number of benzene rings is 1. The number of nitrogens with one attached hydrogen (secondary N) is 1. The van der Waals surface area contributed by atoms with Crippen molar-refractivity contribution in [3.63, 3.8) is 0 Å². The lowest BCUT2D eigenvalue weighted by molar-refractivity contribution is 0.102. The Hall–Kier alpha value is -1.58. The highest BCUT2D eigenvalue weighted by atomic mass is 35.5. The molecule has 86 valence electrons. The molecule has 2 aromatic rings. The van der Waals surface area contributed by atoms with Gasteiger partial charge in [0.25, 0.3) is 5.91 Å². The van der Waals surface area contributed by atoms with Crippen molar-refractivity contribution in [1.82, 2.24) is 4.98 Å². The normalized spacial score (nSPS) is 10.0. The van der Waals surface area contributed by atoms with Crippen LogP contribution in [0.5, 0.6) is 0 Å². The number of hydrogen-bond acceptors (Lipinski definition) is 2. The quantitative estimate of drug-likeness (QED) is 0.844. The van der Waals surface area contributed by atoms with Crippen molar-refractivity contribution in [2.45, 2.75) is 0 Å². The van der Waals surface area contributed by atoms with Crippen LogP contribution in [0.15, 0.2) is 42.6 Å². The SMILES string of the molecule is O=C(Nc1ccccc1)c1cnc(Cl)cc1Cl. The van der Waals surface area contributed by atoms with E-state index in [2.05, 4.69) is 10.3 Å². The van der Waals surface area contributed by atoms with Crippen molar-refractivity contribution in [1.29, 1.82) is 0 Å². The molecular formula is C12H8Cl2N2O. The second-order valence-electron chi connectivity index (χ2n) is 3.31. The lowest BCUT2D eigenvalue weighted by Crippen LogP contribution is -2.12. The number of aromatic nitrogens is 1. The van der Waals surface area contributed by atoms with E-state index in [1.165, 1.54) is 12.3 Å². The monoisotopic (exact) mass is 266 g/mol. The number of rotatable bonds is 2. The maximum Gasteiger partial charge on any atom is 0.258 e. The molecule has 0 saturated carbocycles. The molecule has 0 fully saturated rings. The van der Waals surface area contributed by atoms with E-state index in [1.54, 1.807) is 12.1 Å². The van der Waals surface area contributed by atoms with Gasteiger partial charge in [0.2, 0.25) is 0 Å². The fourth-order valence-corrected chi connectivity index (χ4v) is 1.75. The fourth-order valence-electron chi connectivity index (χ4n) is 1.29. The highest BCUT2D eigenvalue weighted by Crippen LogP contribution is 2.19. The van der Waals surface area contributed by atoms with Crippen LogP contribution in [0.2, 0.25) is 10.2 Å². The van der Waals surface area contributed by atoms with Gasteiger partial charge in [-0.2, -0.15) is 0 Å². The smallest absolute Gasteiger partial charge is 0.258 e. The molecule has 0 radical (unpaired) electrons. The molecule has 0 aliphatic carbocycles. The summed E-state index contributed by atoms with van der Waals surface area (Å²) >= 11 is 11.6. The van der Waals surface area contributed by atoms with E-state index < -0.39 is 0 Å². The Morgan fingerprint density at radius 1 is 1.18 bits per heavy atom. The van der Waals surface area contributed by atoms with Gasteiger partial charge in [-0.25, -0.2) is 4.98 Å². The zero-order valence-electron chi connectivity index (χ0n) is 8.65. The number of pyridine rings is 1. The second kappa shape index (κ2) is 5.17. The maximum atomic E-state index is 11.9. The zero-order valence-corrected chi connectivity index (χ0v) is 10.2. The van der Waals surface area contributed by atoms with Crippen molar-refractivity contribution >= 4 is 34.8 Å². The van der Waals surface area contributed by atoms with Crippen molar-refractivity contribution in [2.24, 2.45) is 0 Å². The van der Waals surface area contributed by atoms with Crippen LogP contribution in [0, 0.1) is 0 Å². The average Bonchev–Trinajstić information content (AvgIpc) is 2.30. The van der Waals surface area contributed by atoms with Crippen LogP contribution < -0.4 is 5.32 Å². The van der Waals surface area contributed by atoms with Gasteiger partial charge in [0.05, 0.1) is 10.6 Å². The number of para-hydroxylation sites is 1. The molecule has 0 aliphatic rings. The summed E-state index contributed by atoms with van der Waals surface area (Å²) in [5.41, 5.74) is 0.989. The van der Waals surface area contributed by atoms with Gasteiger partial charge < -0.3 is 5.32 Å². The summed E-state index contributed by atoms with van der Waals surface area (Å²) in [4.78, 5) is 15.7. The van der Waals surface area contributed by atoms with Gasteiger partial charge in [0.15, 0.2) is 0 Å². The fraction of sp³-hybridized carbons (Fsp3) is 0. The van der Waals surface area contributed by atoms with E-state index in [1.807, 2.05) is 18.2 Å². The first-order chi connectivity index (χ1) is 8.16. The van der Waals surface area contributed by atoms with Gasteiger partial charge in [0, 0.05) is 11.9 Å². The predicted octanol–water partition coefficient (Wildman–Crippen LogP) is 3.64. The third-order valence-corrected chi connectivity index (χ3v) is 2.62. The Balaban J connectivity index is 2.21. The standard InChI is InChI=1S/C12H8Cl2N2O/c13-10-6-11(14)15-7-9(10)12(17)16-8-4-2-1-3-5-8/h1-7H,(H,16,17). The van der Waals surface area contributed by atoms with Crippen LogP contribution >= 0.6 is 23.2 Å². The number of hydrogen-bond donors (Lipinski definition) is 1. The molecule has 3 nitrogen and oxygen atoms in total. The number of amides is 1. The van der Waals surface area contributed by atoms with E-state index >= 15 is 0 Å². The summed E-state index contributed by atoms with van der Waals surface area (Å²) < 4.78 is 0. The summed E-state index contributed by atoms with van der Waals surface area (Å²) in [7, 11) is 0. The van der Waals surface area contributed by atoms with Crippen LogP contribution in [0.1, 0.15) is 10.4 Å². The highest BCUT2D eigenvalue weighted by Gasteiger charge is 2.11. The molecule has 2 rings (SSSR count). The lowest BCUT2D eigenvalue weighted by atomic mass is 10.2. The maximum absolute atomic E-state index is 11.9. The summed E-state index contributed by atoms with van der Waals surface area (Å²) in [6, 6.07) is 10.5. The second-order valence-corrected chi connectivity index (χ2v) is 4.10. The first-order valence-corrected chi connectivity index (χ1v) is 5.60. The summed E-state index contributed by atoms with van der Waals surface area (Å²) in [5, 5.41) is 3.24. The number of anilines is 1. The molecule has 0 aliphatic heterocycles. The molecule has 0 atom stereocenters. The van der Waals surface area contributed by atoms with E-state index in [0.29, 0.717) is 11.3 Å². The first-order valence-electron chi connectivity index (χ1n) is 4.84. The number of nitrogens with zero attached hydrogens (tertiary/aromatic N) is 1. The summed E-state index contributed by atoms with van der Waals surface area (Å²) in [5.74, 6) is -0.314. The van der Waals surface area contributed by atoms with E-state index in [9.17, 15) is 4.79 Å². The largest absolute Gasteiger partial charge is 0.322 e. The minimum absolute atomic E-state index is 0.256. The van der Waals surface area contributed by atoms with Crippen LogP contribution in [-0.4, -0.2) is 10.9 Å². The van der Waals surface area contributed by atoms with Gasteiger partial charge in [0.1, 0.15) is 5.15 Å². The summed E-state index contributed by atoms with van der Waals surface area (Å²) in [6.45, 7) is 0. The summed E-state index contributed by atoms with van der Waals surface area (Å²) in [6.07, 6.45) is 1.35. The van der Waals surface area contributed by atoms with Crippen molar-refractivity contribution in [3.8, 4) is 0 Å². The molecule has 1 N–H and O–H groups in total. The lowest BCUT2D eigenvalue weighted by Gasteiger charge is -2.06. The van der Waals surface area contributed by atoms with Crippen LogP contribution in [-0.2, 0) is 0 Å². The van der Waals surface area contributed by atoms with Crippen molar-refractivity contribution < 1.29 is 4.79 Å². The Labute approximate surface area is 108 Å². The molecule has 0 unspecified atom stereocenters. The van der Waals surface area contributed by atoms with Gasteiger partial charge in [-0.3, -0.25) is 4.79 Å². The Morgan fingerprint density at radius 2 is 1.88 bits per heavy atom. The number of halogens is 2. The molecule has 1 aromatic heterocycles. The van der Waals surface area contributed by atoms with Crippen LogP contribution in [0.3, 0.4) is 0 Å². The van der Waals surface area contributed by atoms with Gasteiger partial charge >= 0.3 is 0 Å². The van der Waals surface area contributed by atoms with E-state index in [4.69, 9.17) is 23.2 Å². The van der Waals surface area contributed by atoms with Gasteiger partial charge in [-0.1, -0.05) is 41.4 Å². The molecule has 17 heavy (non-hydrogen) atoms. The zero-order chi connectivity index (χ0) is 12.3. The third kappa shape index (κ3) is 2.96. The minimum Gasteiger partial charge on any atom is -0.322 e. The molecule has 1 aromatic carbocycles. The molecule has 1 amide bonds. The Kier molecular flexibility index (Phi) is 3.61. The van der Waals surface area contributed by atoms with Gasteiger partial charge in [-0.05, 0) is 18.2 Å². The van der Waals surface area contributed by atoms with Crippen LogP contribution in [0.25, 0.3) is 0 Å². The average molecular weight is 267 g/mol. The molecular weight excluding hydrogens is 259 g/mol. The van der Waals surface area contributed by atoms with Crippen molar-refractivity contribution in [3.05, 3.63) is 58.3 Å². The van der Waals surface area contributed by atoms with Crippen molar-refractivity contribution in [2.75, 3.05) is 5.32 Å². The predicted molar refractivity (Wildman–Crippen MR) is 68.7 cm³/mol. The Bertz CT molecular complexity index is 543. The number of carbonyl (C=O) groups excluding carboxylic acids is 1. The molecule has 0 saturated heterocycles. The number of carbonyl (C=O) groups is 1.